The van der Waals surface area contributed by atoms with E-state index in [1.54, 1.807) is 54.6 Å². The Morgan fingerprint density at radius 3 is 2.43 bits per heavy atom. The average molecular weight is 556 g/mol. The Labute approximate surface area is 214 Å². The molecule has 0 saturated carbocycles. The number of carbonyl (C=O) groups excluding carboxylic acids is 3. The molecule has 10 heteroatoms. The van der Waals surface area contributed by atoms with E-state index in [-0.39, 0.29) is 5.69 Å². The maximum Gasteiger partial charge on any atom is 0.328 e. The van der Waals surface area contributed by atoms with Crippen molar-refractivity contribution in [1.82, 2.24) is 4.68 Å². The summed E-state index contributed by atoms with van der Waals surface area (Å²) in [5, 5.41) is 6.44. The summed E-state index contributed by atoms with van der Waals surface area (Å²) in [4.78, 5) is 38.6. The zero-order valence-electron chi connectivity index (χ0n) is 18.7. The number of nitrogens with one attached hydrogen (secondary N) is 3. The Bertz CT molecular complexity index is 1470. The zero-order chi connectivity index (χ0) is 25.1. The standard InChI is InChI=1S/C25H20BrClN4O4/c1-14-11-16(26)7-9-18(14)28-23(32)21-13-15-12-17(27)8-10-20(15)31(21)30-25(34)24(33)29-19-5-3-4-6-22(19)35-2/h3-13H,1-2H3,(H,28,32)(H,29,33)(H,30,34). The van der Waals surface area contributed by atoms with Gasteiger partial charge in [0.1, 0.15) is 11.4 Å². The predicted octanol–water partition coefficient (Wildman–Crippen LogP) is 5.34. The summed E-state index contributed by atoms with van der Waals surface area (Å²) in [6.45, 7) is 1.86. The molecule has 0 aliphatic carbocycles. The summed E-state index contributed by atoms with van der Waals surface area (Å²) >= 11 is 9.52. The molecule has 0 radical (unpaired) electrons. The number of hydrogen-bond donors (Lipinski definition) is 3. The Hall–Kier alpha value is -3.82. The van der Waals surface area contributed by atoms with Gasteiger partial charge >= 0.3 is 11.8 Å². The molecule has 35 heavy (non-hydrogen) atoms. The zero-order valence-corrected chi connectivity index (χ0v) is 21.0. The molecule has 0 saturated heterocycles. The number of rotatable bonds is 5. The van der Waals surface area contributed by atoms with Gasteiger partial charge < -0.3 is 15.4 Å². The molecule has 0 aliphatic rings. The molecule has 0 bridgehead atoms. The molecule has 3 aromatic carbocycles. The number of anilines is 2. The molecular weight excluding hydrogens is 536 g/mol. The summed E-state index contributed by atoms with van der Waals surface area (Å²) in [6, 6.07) is 18.7. The Morgan fingerprint density at radius 1 is 0.914 bits per heavy atom. The van der Waals surface area contributed by atoms with Crippen LogP contribution in [0.3, 0.4) is 0 Å². The highest BCUT2D eigenvalue weighted by Gasteiger charge is 2.22. The van der Waals surface area contributed by atoms with Crippen molar-refractivity contribution in [3.63, 3.8) is 0 Å². The topological polar surface area (TPSA) is 101 Å². The summed E-state index contributed by atoms with van der Waals surface area (Å²) < 4.78 is 7.35. The summed E-state index contributed by atoms with van der Waals surface area (Å²) in [5.74, 6) is -1.98. The number of aryl methyl sites for hydroxylation is 1. The molecule has 4 aromatic rings. The van der Waals surface area contributed by atoms with E-state index >= 15 is 0 Å². The van der Waals surface area contributed by atoms with Gasteiger partial charge in [-0.2, -0.15) is 0 Å². The second-order valence-electron chi connectivity index (χ2n) is 7.58. The number of ether oxygens (including phenoxy) is 1. The van der Waals surface area contributed by atoms with Gasteiger partial charge in [-0.1, -0.05) is 39.7 Å². The van der Waals surface area contributed by atoms with Crippen LogP contribution in [0.4, 0.5) is 11.4 Å². The first-order valence-corrected chi connectivity index (χ1v) is 11.6. The van der Waals surface area contributed by atoms with Crippen molar-refractivity contribution < 1.29 is 19.1 Å². The SMILES string of the molecule is COc1ccccc1NC(=O)C(=O)Nn1c(C(=O)Nc2ccc(Br)cc2C)cc2cc(Cl)ccc21. The third-order valence-corrected chi connectivity index (χ3v) is 5.94. The van der Waals surface area contributed by atoms with Crippen molar-refractivity contribution in [2.75, 3.05) is 23.2 Å². The fraction of sp³-hybridized carbons (Fsp3) is 0.0800. The Balaban J connectivity index is 1.64. The molecule has 4 rings (SSSR count). The first-order valence-electron chi connectivity index (χ1n) is 10.4. The molecule has 1 heterocycles. The predicted molar refractivity (Wildman–Crippen MR) is 140 cm³/mol. The quantitative estimate of drug-likeness (QED) is 0.290. The number of carbonyl (C=O) groups is 3. The van der Waals surface area contributed by atoms with Crippen LogP contribution in [0.2, 0.25) is 5.02 Å². The second-order valence-corrected chi connectivity index (χ2v) is 8.93. The van der Waals surface area contributed by atoms with E-state index < -0.39 is 17.7 Å². The highest BCUT2D eigenvalue weighted by atomic mass is 79.9. The molecule has 0 fully saturated rings. The van der Waals surface area contributed by atoms with Gasteiger partial charge in [0.05, 0.1) is 18.3 Å². The molecule has 0 atom stereocenters. The number of fused-ring (bicyclic) bond motifs is 1. The number of halogens is 2. The highest BCUT2D eigenvalue weighted by Crippen LogP contribution is 2.26. The van der Waals surface area contributed by atoms with Crippen LogP contribution in [0, 0.1) is 6.92 Å². The minimum absolute atomic E-state index is 0.114. The lowest BCUT2D eigenvalue weighted by molar-refractivity contribution is -0.133. The second kappa shape index (κ2) is 10.2. The van der Waals surface area contributed by atoms with Crippen molar-refractivity contribution in [3.8, 4) is 5.75 Å². The lowest BCUT2D eigenvalue weighted by atomic mass is 10.2. The van der Waals surface area contributed by atoms with Crippen LogP contribution in [-0.2, 0) is 9.59 Å². The Kier molecular flexibility index (Phi) is 7.09. The summed E-state index contributed by atoms with van der Waals surface area (Å²) in [6.07, 6.45) is 0. The molecule has 3 amide bonds. The van der Waals surface area contributed by atoms with Crippen molar-refractivity contribution in [3.05, 3.63) is 87.5 Å². The number of benzene rings is 3. The number of methoxy groups -OCH3 is 1. The number of para-hydroxylation sites is 2. The first kappa shape index (κ1) is 24.3. The van der Waals surface area contributed by atoms with E-state index in [2.05, 4.69) is 32.0 Å². The van der Waals surface area contributed by atoms with Crippen molar-refractivity contribution in [1.29, 1.82) is 0 Å². The number of aromatic nitrogens is 1. The monoisotopic (exact) mass is 554 g/mol. The maximum absolute atomic E-state index is 13.2. The fourth-order valence-corrected chi connectivity index (χ4v) is 4.16. The maximum atomic E-state index is 13.2. The highest BCUT2D eigenvalue weighted by molar-refractivity contribution is 9.10. The van der Waals surface area contributed by atoms with Gasteiger partial charge in [-0.15, -0.1) is 0 Å². The molecule has 0 spiro atoms. The number of hydrogen-bond acceptors (Lipinski definition) is 4. The molecule has 178 valence electrons. The summed E-state index contributed by atoms with van der Waals surface area (Å²) in [7, 11) is 1.46. The van der Waals surface area contributed by atoms with Gasteiger partial charge in [0.2, 0.25) is 0 Å². The largest absolute Gasteiger partial charge is 0.495 e. The first-order chi connectivity index (χ1) is 16.8. The minimum atomic E-state index is -0.975. The Morgan fingerprint density at radius 2 is 1.69 bits per heavy atom. The molecule has 1 aromatic heterocycles. The van der Waals surface area contributed by atoms with Gasteiger partial charge in [-0.05, 0) is 67.1 Å². The van der Waals surface area contributed by atoms with Crippen molar-refractivity contribution >= 4 is 67.5 Å². The molecule has 0 unspecified atom stereocenters. The summed E-state index contributed by atoms with van der Waals surface area (Å²) in [5.41, 5.74) is 4.91. The smallest absolute Gasteiger partial charge is 0.328 e. The van der Waals surface area contributed by atoms with Gasteiger partial charge in [-0.25, -0.2) is 4.68 Å². The lowest BCUT2D eigenvalue weighted by Gasteiger charge is -2.14. The normalized spacial score (nSPS) is 10.6. The average Bonchev–Trinajstić information content (AvgIpc) is 3.18. The third kappa shape index (κ3) is 5.31. The number of amides is 3. The van der Waals surface area contributed by atoms with E-state index in [1.165, 1.54) is 11.8 Å². The molecule has 0 aliphatic heterocycles. The van der Waals surface area contributed by atoms with Crippen LogP contribution in [0.25, 0.3) is 10.9 Å². The third-order valence-electron chi connectivity index (χ3n) is 5.21. The van der Waals surface area contributed by atoms with Crippen molar-refractivity contribution in [2.45, 2.75) is 6.92 Å². The van der Waals surface area contributed by atoms with E-state index in [4.69, 9.17) is 16.3 Å². The van der Waals surface area contributed by atoms with E-state index in [9.17, 15) is 14.4 Å². The minimum Gasteiger partial charge on any atom is -0.495 e. The van der Waals surface area contributed by atoms with Crippen LogP contribution in [0.5, 0.6) is 5.75 Å². The van der Waals surface area contributed by atoms with E-state index in [1.807, 2.05) is 19.1 Å². The molecule has 3 N–H and O–H groups in total. The molecular formula is C25H20BrClN4O4. The molecule has 8 nitrogen and oxygen atoms in total. The van der Waals surface area contributed by atoms with Gasteiger partial charge in [0.15, 0.2) is 0 Å². The van der Waals surface area contributed by atoms with E-state index in [0.29, 0.717) is 33.0 Å². The lowest BCUT2D eigenvalue weighted by Crippen LogP contribution is -2.36. The van der Waals surface area contributed by atoms with Crippen molar-refractivity contribution in [2.24, 2.45) is 0 Å². The van der Waals surface area contributed by atoms with Crippen LogP contribution in [-0.4, -0.2) is 29.5 Å². The van der Waals surface area contributed by atoms with Crippen LogP contribution < -0.4 is 20.8 Å². The van der Waals surface area contributed by atoms with E-state index in [0.717, 1.165) is 10.0 Å². The van der Waals surface area contributed by atoms with Gasteiger partial charge in [0.25, 0.3) is 5.91 Å². The van der Waals surface area contributed by atoms with Crippen LogP contribution in [0.1, 0.15) is 16.1 Å². The van der Waals surface area contributed by atoms with Crippen LogP contribution >= 0.6 is 27.5 Å². The van der Waals surface area contributed by atoms with Gasteiger partial charge in [-0.3, -0.25) is 19.8 Å². The fourth-order valence-electron chi connectivity index (χ4n) is 3.51. The van der Waals surface area contributed by atoms with Crippen LogP contribution in [0.15, 0.2) is 71.2 Å². The van der Waals surface area contributed by atoms with Gasteiger partial charge in [0, 0.05) is 20.6 Å². The number of nitrogens with zero attached hydrogens (tertiary/aromatic N) is 1.